The van der Waals surface area contributed by atoms with Crippen LogP contribution in [-0.2, 0) is 6.42 Å². The second kappa shape index (κ2) is 6.41. The maximum absolute atomic E-state index is 2.69. The molecular formula is C14H23NS. The molecule has 16 heavy (non-hydrogen) atoms. The van der Waals surface area contributed by atoms with E-state index in [9.17, 15) is 0 Å². The average molecular weight is 237 g/mol. The molecule has 0 aromatic carbocycles. The van der Waals surface area contributed by atoms with Crippen molar-refractivity contribution >= 4 is 11.3 Å². The Hall–Kier alpha value is -0.340. The highest BCUT2D eigenvalue weighted by atomic mass is 32.1. The summed E-state index contributed by atoms with van der Waals surface area (Å²) in [7, 11) is 0. The summed E-state index contributed by atoms with van der Waals surface area (Å²) < 4.78 is 0. The van der Waals surface area contributed by atoms with Crippen LogP contribution in [0.2, 0.25) is 0 Å². The van der Waals surface area contributed by atoms with Gasteiger partial charge in [0.15, 0.2) is 0 Å². The summed E-state index contributed by atoms with van der Waals surface area (Å²) in [6.07, 6.45) is 8.44. The van der Waals surface area contributed by atoms with E-state index in [4.69, 9.17) is 0 Å². The summed E-state index contributed by atoms with van der Waals surface area (Å²) in [6, 6.07) is 5.30. The van der Waals surface area contributed by atoms with Gasteiger partial charge in [0.25, 0.3) is 0 Å². The predicted molar refractivity (Wildman–Crippen MR) is 72.1 cm³/mol. The van der Waals surface area contributed by atoms with Crippen LogP contribution >= 0.6 is 11.3 Å². The highest BCUT2D eigenvalue weighted by molar-refractivity contribution is 7.09. The molecule has 0 bridgehead atoms. The number of rotatable bonds is 5. The lowest BCUT2D eigenvalue weighted by Gasteiger charge is -2.33. The maximum atomic E-state index is 2.69. The summed E-state index contributed by atoms with van der Waals surface area (Å²) in [4.78, 5) is 4.23. The van der Waals surface area contributed by atoms with E-state index in [0.717, 1.165) is 6.04 Å². The fourth-order valence-corrected chi connectivity index (χ4v) is 3.45. The molecule has 1 saturated carbocycles. The van der Waals surface area contributed by atoms with E-state index in [1.807, 2.05) is 11.3 Å². The molecule has 90 valence electrons. The van der Waals surface area contributed by atoms with Crippen LogP contribution in [0, 0.1) is 0 Å². The van der Waals surface area contributed by atoms with E-state index >= 15 is 0 Å². The van der Waals surface area contributed by atoms with E-state index < -0.39 is 0 Å². The van der Waals surface area contributed by atoms with Crippen molar-refractivity contribution in [3.8, 4) is 0 Å². The predicted octanol–water partition coefficient (Wildman–Crippen LogP) is 3.95. The topological polar surface area (TPSA) is 3.24 Å². The smallest absolute Gasteiger partial charge is 0.00952 e. The molecular weight excluding hydrogens is 214 g/mol. The van der Waals surface area contributed by atoms with Crippen molar-refractivity contribution in [3.05, 3.63) is 22.4 Å². The second-order valence-electron chi connectivity index (χ2n) is 4.75. The lowest BCUT2D eigenvalue weighted by Crippen LogP contribution is -2.37. The third-order valence-electron chi connectivity index (χ3n) is 3.72. The zero-order valence-electron chi connectivity index (χ0n) is 10.3. The lowest BCUT2D eigenvalue weighted by atomic mass is 9.94. The Bertz CT molecular complexity index is 275. The first kappa shape index (κ1) is 12.1. The van der Waals surface area contributed by atoms with Gasteiger partial charge in [-0.1, -0.05) is 32.3 Å². The minimum absolute atomic E-state index is 0.874. The zero-order valence-corrected chi connectivity index (χ0v) is 11.1. The van der Waals surface area contributed by atoms with Gasteiger partial charge in [0.1, 0.15) is 0 Å². The van der Waals surface area contributed by atoms with Gasteiger partial charge in [-0.25, -0.2) is 0 Å². The number of hydrogen-bond donors (Lipinski definition) is 0. The van der Waals surface area contributed by atoms with Crippen LogP contribution in [0.4, 0.5) is 0 Å². The number of thiophene rings is 1. The van der Waals surface area contributed by atoms with Crippen LogP contribution in [-0.4, -0.2) is 24.0 Å². The molecule has 0 aliphatic heterocycles. The van der Waals surface area contributed by atoms with E-state index in [1.54, 1.807) is 0 Å². The molecule has 0 amide bonds. The van der Waals surface area contributed by atoms with E-state index in [2.05, 4.69) is 29.3 Å². The molecule has 0 N–H and O–H groups in total. The first-order valence-corrected chi connectivity index (χ1v) is 7.54. The molecule has 1 aromatic heterocycles. The Morgan fingerprint density at radius 1 is 1.31 bits per heavy atom. The molecule has 1 aromatic rings. The summed E-state index contributed by atoms with van der Waals surface area (Å²) in [6.45, 7) is 4.78. The van der Waals surface area contributed by atoms with E-state index in [1.165, 1.54) is 56.5 Å². The molecule has 0 unspecified atom stereocenters. The quantitative estimate of drug-likeness (QED) is 0.749. The van der Waals surface area contributed by atoms with Gasteiger partial charge in [0.2, 0.25) is 0 Å². The van der Waals surface area contributed by atoms with Crippen LogP contribution < -0.4 is 0 Å². The van der Waals surface area contributed by atoms with Crippen molar-refractivity contribution in [1.82, 2.24) is 4.90 Å². The van der Waals surface area contributed by atoms with Crippen molar-refractivity contribution in [2.24, 2.45) is 0 Å². The molecule has 0 spiro atoms. The van der Waals surface area contributed by atoms with E-state index in [-0.39, 0.29) is 0 Å². The number of nitrogens with zero attached hydrogens (tertiary/aromatic N) is 1. The maximum Gasteiger partial charge on any atom is 0.00952 e. The fraction of sp³-hybridized carbons (Fsp3) is 0.714. The monoisotopic (exact) mass is 237 g/mol. The van der Waals surface area contributed by atoms with Crippen molar-refractivity contribution in [2.45, 2.75) is 51.5 Å². The molecule has 1 aliphatic carbocycles. The first-order chi connectivity index (χ1) is 7.90. The van der Waals surface area contributed by atoms with Crippen molar-refractivity contribution < 1.29 is 0 Å². The Labute approximate surface area is 103 Å². The summed E-state index contributed by atoms with van der Waals surface area (Å²) in [5, 5.41) is 2.19. The van der Waals surface area contributed by atoms with Crippen LogP contribution in [0.5, 0.6) is 0 Å². The Morgan fingerprint density at radius 3 is 2.75 bits per heavy atom. The van der Waals surface area contributed by atoms with Crippen LogP contribution in [0.3, 0.4) is 0 Å². The summed E-state index contributed by atoms with van der Waals surface area (Å²) in [5.74, 6) is 0. The van der Waals surface area contributed by atoms with Gasteiger partial charge in [-0.05, 0) is 37.3 Å². The van der Waals surface area contributed by atoms with E-state index in [0.29, 0.717) is 0 Å². The highest BCUT2D eigenvalue weighted by Gasteiger charge is 2.19. The third kappa shape index (κ3) is 3.33. The van der Waals surface area contributed by atoms with Gasteiger partial charge in [0, 0.05) is 17.5 Å². The lowest BCUT2D eigenvalue weighted by molar-refractivity contribution is 0.166. The van der Waals surface area contributed by atoms with Crippen molar-refractivity contribution in [2.75, 3.05) is 13.1 Å². The second-order valence-corrected chi connectivity index (χ2v) is 5.78. The molecule has 0 saturated heterocycles. The van der Waals surface area contributed by atoms with Gasteiger partial charge < -0.3 is 4.90 Å². The molecule has 1 aliphatic rings. The fourth-order valence-electron chi connectivity index (χ4n) is 2.75. The minimum atomic E-state index is 0.874. The SMILES string of the molecule is CCN(CCc1cccs1)C1CCCCC1. The first-order valence-electron chi connectivity index (χ1n) is 6.66. The van der Waals surface area contributed by atoms with Gasteiger partial charge in [-0.15, -0.1) is 11.3 Å². The van der Waals surface area contributed by atoms with Gasteiger partial charge in [-0.3, -0.25) is 0 Å². The summed E-state index contributed by atoms with van der Waals surface area (Å²) in [5.41, 5.74) is 0. The third-order valence-corrected chi connectivity index (χ3v) is 4.66. The number of likely N-dealkylation sites (N-methyl/N-ethyl adjacent to an activating group) is 1. The van der Waals surface area contributed by atoms with Crippen LogP contribution in [0.25, 0.3) is 0 Å². The highest BCUT2D eigenvalue weighted by Crippen LogP contribution is 2.23. The minimum Gasteiger partial charge on any atom is -0.300 e. The standard InChI is InChI=1S/C14H23NS/c1-2-15(13-7-4-3-5-8-13)11-10-14-9-6-12-16-14/h6,9,12-13H,2-5,7-8,10-11H2,1H3. The molecule has 2 heteroatoms. The molecule has 2 rings (SSSR count). The summed E-state index contributed by atoms with van der Waals surface area (Å²) >= 11 is 1.90. The molecule has 1 heterocycles. The Balaban J connectivity index is 1.80. The molecule has 1 fully saturated rings. The zero-order chi connectivity index (χ0) is 11.2. The van der Waals surface area contributed by atoms with Gasteiger partial charge in [-0.2, -0.15) is 0 Å². The molecule has 0 radical (unpaired) electrons. The van der Waals surface area contributed by atoms with Crippen LogP contribution in [0.1, 0.15) is 43.9 Å². The van der Waals surface area contributed by atoms with Gasteiger partial charge >= 0.3 is 0 Å². The largest absolute Gasteiger partial charge is 0.300 e. The number of hydrogen-bond acceptors (Lipinski definition) is 2. The van der Waals surface area contributed by atoms with Crippen molar-refractivity contribution in [3.63, 3.8) is 0 Å². The normalized spacial score (nSPS) is 18.1. The van der Waals surface area contributed by atoms with Gasteiger partial charge in [0.05, 0.1) is 0 Å². The Kier molecular flexibility index (Phi) is 4.86. The average Bonchev–Trinajstić information content (AvgIpc) is 2.84. The Morgan fingerprint density at radius 2 is 2.12 bits per heavy atom. The molecule has 0 atom stereocenters. The van der Waals surface area contributed by atoms with Crippen molar-refractivity contribution in [1.29, 1.82) is 0 Å². The van der Waals surface area contributed by atoms with Crippen LogP contribution in [0.15, 0.2) is 17.5 Å². The molecule has 1 nitrogen and oxygen atoms in total.